The summed E-state index contributed by atoms with van der Waals surface area (Å²) in [6.07, 6.45) is 3.55. The summed E-state index contributed by atoms with van der Waals surface area (Å²) in [5.74, 6) is 0.239. The van der Waals surface area contributed by atoms with E-state index >= 15 is 0 Å². The van der Waals surface area contributed by atoms with Gasteiger partial charge in [-0.25, -0.2) is 0 Å². The number of rotatable bonds is 1. The first-order chi connectivity index (χ1) is 8.16. The van der Waals surface area contributed by atoms with E-state index in [1.807, 2.05) is 23.9 Å². The molecule has 17 heavy (non-hydrogen) atoms. The third-order valence-electron chi connectivity index (χ3n) is 2.91. The molecule has 2 aromatic heterocycles. The number of aromatic amines is 1. The van der Waals surface area contributed by atoms with Gasteiger partial charge >= 0.3 is 0 Å². The maximum absolute atomic E-state index is 9.56. The number of hydrogen-bond donors (Lipinski definition) is 3. The first-order valence-electron chi connectivity index (χ1n) is 5.24. The summed E-state index contributed by atoms with van der Waals surface area (Å²) in [6, 6.07) is 5.27. The van der Waals surface area contributed by atoms with Crippen molar-refractivity contribution in [2.24, 2.45) is 7.05 Å². The highest BCUT2D eigenvalue weighted by Gasteiger charge is 2.12. The number of nitrogens with zero attached hydrogens (tertiary/aromatic N) is 2. The van der Waals surface area contributed by atoms with E-state index in [0.29, 0.717) is 5.69 Å². The highest BCUT2D eigenvalue weighted by Crippen LogP contribution is 2.33. The van der Waals surface area contributed by atoms with Crippen molar-refractivity contribution in [1.29, 1.82) is 0 Å². The molecule has 1 aromatic carbocycles. The van der Waals surface area contributed by atoms with Crippen LogP contribution in [-0.2, 0) is 7.05 Å². The lowest BCUT2D eigenvalue weighted by Crippen LogP contribution is -1.85. The van der Waals surface area contributed by atoms with Gasteiger partial charge in [0.25, 0.3) is 0 Å². The Bertz CT molecular complexity index is 696. The maximum Gasteiger partial charge on any atom is 0.116 e. The SMILES string of the molecule is Cn1cc(-c2[nH]ncc2N)c2cc(O)ccc21. The van der Waals surface area contributed by atoms with Gasteiger partial charge in [-0.3, -0.25) is 5.10 Å². The van der Waals surface area contributed by atoms with Crippen LogP contribution in [0.5, 0.6) is 5.75 Å². The number of nitrogens with one attached hydrogen (secondary N) is 1. The van der Waals surface area contributed by atoms with Crippen LogP contribution >= 0.6 is 0 Å². The molecule has 3 aromatic rings. The largest absolute Gasteiger partial charge is 0.508 e. The summed E-state index contributed by atoms with van der Waals surface area (Å²) in [7, 11) is 1.95. The number of aromatic hydroxyl groups is 1. The topological polar surface area (TPSA) is 79.9 Å². The Morgan fingerprint density at radius 2 is 2.24 bits per heavy atom. The van der Waals surface area contributed by atoms with Gasteiger partial charge in [0.05, 0.1) is 17.6 Å². The van der Waals surface area contributed by atoms with Crippen LogP contribution in [0.1, 0.15) is 0 Å². The summed E-state index contributed by atoms with van der Waals surface area (Å²) in [4.78, 5) is 0. The molecule has 2 heterocycles. The molecule has 5 heteroatoms. The Labute approximate surface area is 97.5 Å². The van der Waals surface area contributed by atoms with Crippen molar-refractivity contribution in [1.82, 2.24) is 14.8 Å². The summed E-state index contributed by atoms with van der Waals surface area (Å²) >= 11 is 0. The zero-order valence-electron chi connectivity index (χ0n) is 9.31. The average Bonchev–Trinajstić information content (AvgIpc) is 2.83. The van der Waals surface area contributed by atoms with Crippen molar-refractivity contribution >= 4 is 16.6 Å². The number of aryl methyl sites for hydroxylation is 1. The molecule has 4 N–H and O–H groups in total. The summed E-state index contributed by atoms with van der Waals surface area (Å²) in [5.41, 5.74) is 9.19. The molecule has 0 saturated heterocycles. The molecule has 86 valence electrons. The number of phenolic OH excluding ortho intramolecular Hbond substituents is 1. The Morgan fingerprint density at radius 1 is 1.41 bits per heavy atom. The van der Waals surface area contributed by atoms with Crippen LogP contribution in [0.25, 0.3) is 22.2 Å². The highest BCUT2D eigenvalue weighted by atomic mass is 16.3. The van der Waals surface area contributed by atoms with Crippen LogP contribution in [0.4, 0.5) is 5.69 Å². The first-order valence-corrected chi connectivity index (χ1v) is 5.24. The van der Waals surface area contributed by atoms with Crippen LogP contribution in [0, 0.1) is 0 Å². The molecule has 0 bridgehead atoms. The molecule has 0 aliphatic carbocycles. The summed E-state index contributed by atoms with van der Waals surface area (Å²) < 4.78 is 1.99. The van der Waals surface area contributed by atoms with Crippen LogP contribution < -0.4 is 5.73 Å². The number of fused-ring (bicyclic) bond motifs is 1. The lowest BCUT2D eigenvalue weighted by atomic mass is 10.1. The van der Waals surface area contributed by atoms with E-state index in [1.54, 1.807) is 18.3 Å². The van der Waals surface area contributed by atoms with Gasteiger partial charge in [-0.15, -0.1) is 0 Å². The Kier molecular flexibility index (Phi) is 1.89. The molecule has 0 amide bonds. The van der Waals surface area contributed by atoms with E-state index in [1.165, 1.54) is 0 Å². The fourth-order valence-corrected chi connectivity index (χ4v) is 2.09. The van der Waals surface area contributed by atoms with Crippen LogP contribution in [0.3, 0.4) is 0 Å². The van der Waals surface area contributed by atoms with Gasteiger partial charge in [-0.2, -0.15) is 5.10 Å². The van der Waals surface area contributed by atoms with E-state index in [9.17, 15) is 5.11 Å². The second-order valence-electron chi connectivity index (χ2n) is 4.06. The normalized spacial score (nSPS) is 11.1. The smallest absolute Gasteiger partial charge is 0.116 e. The fourth-order valence-electron chi connectivity index (χ4n) is 2.09. The lowest BCUT2D eigenvalue weighted by molar-refractivity contribution is 0.476. The Hall–Kier alpha value is -2.43. The molecule has 5 nitrogen and oxygen atoms in total. The predicted octanol–water partition coefficient (Wildman–Crippen LogP) is 1.86. The zero-order valence-corrected chi connectivity index (χ0v) is 9.31. The molecular weight excluding hydrogens is 216 g/mol. The molecular formula is C12H12N4O. The minimum absolute atomic E-state index is 0.239. The molecule has 0 aliphatic rings. The standard InChI is InChI=1S/C12H12N4O/c1-16-6-9(12-10(13)5-14-15-12)8-4-7(17)2-3-11(8)16/h2-6,17H,13H2,1H3,(H,14,15). The van der Waals surface area contributed by atoms with Crippen molar-refractivity contribution in [3.8, 4) is 17.0 Å². The second-order valence-corrected chi connectivity index (χ2v) is 4.06. The minimum Gasteiger partial charge on any atom is -0.508 e. The highest BCUT2D eigenvalue weighted by molar-refractivity contribution is 5.98. The number of phenols is 1. The quantitative estimate of drug-likeness (QED) is 0.594. The van der Waals surface area contributed by atoms with Crippen molar-refractivity contribution in [3.63, 3.8) is 0 Å². The zero-order chi connectivity index (χ0) is 12.0. The fraction of sp³-hybridized carbons (Fsp3) is 0.0833. The molecule has 0 atom stereocenters. The number of anilines is 1. The number of nitrogen functional groups attached to an aromatic ring is 1. The van der Waals surface area contributed by atoms with Crippen LogP contribution in [-0.4, -0.2) is 19.9 Å². The number of hydrogen-bond acceptors (Lipinski definition) is 3. The number of nitrogens with two attached hydrogens (primary N) is 1. The van der Waals surface area contributed by atoms with Crippen LogP contribution in [0.2, 0.25) is 0 Å². The Morgan fingerprint density at radius 3 is 2.94 bits per heavy atom. The van der Waals surface area contributed by atoms with Crippen molar-refractivity contribution in [2.75, 3.05) is 5.73 Å². The van der Waals surface area contributed by atoms with Gasteiger partial charge in [-0.1, -0.05) is 0 Å². The molecule has 0 radical (unpaired) electrons. The van der Waals surface area contributed by atoms with Gasteiger partial charge < -0.3 is 15.4 Å². The number of H-pyrrole nitrogens is 1. The van der Waals surface area contributed by atoms with Gasteiger partial charge in [-0.05, 0) is 18.2 Å². The molecule has 0 spiro atoms. The number of benzene rings is 1. The lowest BCUT2D eigenvalue weighted by Gasteiger charge is -1.98. The molecule has 0 fully saturated rings. The van der Waals surface area contributed by atoms with Gasteiger partial charge in [0.15, 0.2) is 0 Å². The van der Waals surface area contributed by atoms with Crippen molar-refractivity contribution < 1.29 is 5.11 Å². The molecule has 3 rings (SSSR count). The van der Waals surface area contributed by atoms with Crippen LogP contribution in [0.15, 0.2) is 30.6 Å². The van der Waals surface area contributed by atoms with E-state index in [2.05, 4.69) is 10.2 Å². The molecule has 0 aliphatic heterocycles. The maximum atomic E-state index is 9.56. The van der Waals surface area contributed by atoms with Gasteiger partial charge in [0, 0.05) is 29.7 Å². The molecule has 0 saturated carbocycles. The average molecular weight is 228 g/mol. The summed E-state index contributed by atoms with van der Waals surface area (Å²) in [5, 5.41) is 17.3. The summed E-state index contributed by atoms with van der Waals surface area (Å²) in [6.45, 7) is 0. The van der Waals surface area contributed by atoms with Gasteiger partial charge in [0.2, 0.25) is 0 Å². The van der Waals surface area contributed by atoms with E-state index in [4.69, 9.17) is 5.73 Å². The van der Waals surface area contributed by atoms with Gasteiger partial charge in [0.1, 0.15) is 5.75 Å². The van der Waals surface area contributed by atoms with Crippen molar-refractivity contribution in [3.05, 3.63) is 30.6 Å². The monoisotopic (exact) mass is 228 g/mol. The van der Waals surface area contributed by atoms with Crippen molar-refractivity contribution in [2.45, 2.75) is 0 Å². The second kappa shape index (κ2) is 3.28. The third-order valence-corrected chi connectivity index (χ3v) is 2.91. The molecule has 0 unspecified atom stereocenters. The first kappa shape index (κ1) is 9.77. The minimum atomic E-state index is 0.239. The van der Waals surface area contributed by atoms with E-state index < -0.39 is 0 Å². The number of aromatic nitrogens is 3. The third kappa shape index (κ3) is 1.36. The van der Waals surface area contributed by atoms with E-state index in [-0.39, 0.29) is 5.75 Å². The van der Waals surface area contributed by atoms with E-state index in [0.717, 1.165) is 22.2 Å². The predicted molar refractivity (Wildman–Crippen MR) is 66.6 cm³/mol. The Balaban J connectivity index is 2.37.